The van der Waals surface area contributed by atoms with Crippen LogP contribution in [0.4, 0.5) is 0 Å². The number of nitrogens with one attached hydrogen (secondary N) is 1. The molecule has 0 fully saturated rings. The molecule has 4 rings (SSSR count). The van der Waals surface area contributed by atoms with Crippen molar-refractivity contribution in [2.45, 2.75) is 19.6 Å². The van der Waals surface area contributed by atoms with Gasteiger partial charge in [-0.2, -0.15) is 0 Å². The van der Waals surface area contributed by atoms with Gasteiger partial charge in [0.15, 0.2) is 0 Å². The summed E-state index contributed by atoms with van der Waals surface area (Å²) in [7, 11) is 3.89. The molecule has 7 nitrogen and oxygen atoms in total. The van der Waals surface area contributed by atoms with Crippen molar-refractivity contribution in [2.24, 2.45) is 0 Å². The number of ether oxygens (including phenoxy) is 1. The van der Waals surface area contributed by atoms with E-state index >= 15 is 0 Å². The smallest absolute Gasteiger partial charge is 0.336 e. The molecule has 170 valence electrons. The summed E-state index contributed by atoms with van der Waals surface area (Å²) >= 11 is 0. The van der Waals surface area contributed by atoms with E-state index in [0.29, 0.717) is 30.0 Å². The van der Waals surface area contributed by atoms with Gasteiger partial charge < -0.3 is 18.9 Å². The number of carbonyl (C=O) groups excluding carboxylic acids is 1. The average molecular weight is 447 g/mol. The van der Waals surface area contributed by atoms with Crippen LogP contribution in [0, 0.1) is 6.92 Å². The Hall–Kier alpha value is -3.84. The first-order chi connectivity index (χ1) is 15.9. The number of fused-ring (bicyclic) bond motifs is 1. The molecule has 0 saturated heterocycles. The zero-order valence-corrected chi connectivity index (χ0v) is 18.8. The highest BCUT2D eigenvalue weighted by Crippen LogP contribution is 2.23. The predicted molar refractivity (Wildman–Crippen MR) is 125 cm³/mol. The predicted octanol–water partition coefficient (Wildman–Crippen LogP) is 4.31. The van der Waals surface area contributed by atoms with E-state index in [-0.39, 0.29) is 17.6 Å². The van der Waals surface area contributed by atoms with Crippen molar-refractivity contribution in [3.05, 3.63) is 99.8 Å². The molecule has 0 unspecified atom stereocenters. The number of furan rings is 1. The summed E-state index contributed by atoms with van der Waals surface area (Å²) in [6.07, 6.45) is 1.63. The summed E-state index contributed by atoms with van der Waals surface area (Å²) in [5, 5.41) is 3.84. The van der Waals surface area contributed by atoms with Crippen LogP contribution in [0.5, 0.6) is 5.75 Å². The van der Waals surface area contributed by atoms with Gasteiger partial charge in [0.05, 0.1) is 12.3 Å². The minimum absolute atomic E-state index is 0.0493. The van der Waals surface area contributed by atoms with Crippen molar-refractivity contribution in [1.82, 2.24) is 10.2 Å². The van der Waals surface area contributed by atoms with Crippen molar-refractivity contribution in [3.8, 4) is 5.75 Å². The van der Waals surface area contributed by atoms with E-state index in [2.05, 4.69) is 5.32 Å². The maximum atomic E-state index is 12.6. The molecule has 0 aliphatic rings. The van der Waals surface area contributed by atoms with Crippen molar-refractivity contribution >= 4 is 16.9 Å². The Morgan fingerprint density at radius 2 is 1.88 bits per heavy atom. The molecule has 1 atom stereocenters. The molecule has 4 aromatic rings. The molecular formula is C26H26N2O5. The van der Waals surface area contributed by atoms with E-state index in [1.807, 2.05) is 62.3 Å². The van der Waals surface area contributed by atoms with Crippen molar-refractivity contribution in [3.63, 3.8) is 0 Å². The topological polar surface area (TPSA) is 84.9 Å². The van der Waals surface area contributed by atoms with Crippen molar-refractivity contribution in [2.75, 3.05) is 20.6 Å². The van der Waals surface area contributed by atoms with Gasteiger partial charge in [-0.25, -0.2) is 4.79 Å². The van der Waals surface area contributed by atoms with Crippen LogP contribution in [0.25, 0.3) is 11.0 Å². The Bertz CT molecular complexity index is 1290. The summed E-state index contributed by atoms with van der Waals surface area (Å²) in [6, 6.07) is 17.8. The van der Waals surface area contributed by atoms with Crippen LogP contribution in [-0.2, 0) is 6.61 Å². The monoisotopic (exact) mass is 446 g/mol. The molecule has 0 aliphatic carbocycles. The maximum Gasteiger partial charge on any atom is 0.336 e. The zero-order valence-electron chi connectivity index (χ0n) is 18.8. The molecule has 1 amide bonds. The number of rotatable bonds is 8. The Morgan fingerprint density at radius 3 is 2.58 bits per heavy atom. The van der Waals surface area contributed by atoms with Gasteiger partial charge in [0.2, 0.25) is 0 Å². The second kappa shape index (κ2) is 9.75. The minimum atomic E-state index is -0.382. The van der Waals surface area contributed by atoms with Crippen LogP contribution < -0.4 is 15.7 Å². The molecule has 2 aromatic carbocycles. The van der Waals surface area contributed by atoms with Gasteiger partial charge in [-0.15, -0.1) is 0 Å². The van der Waals surface area contributed by atoms with Crippen molar-refractivity contribution in [1.29, 1.82) is 0 Å². The molecule has 7 heteroatoms. The van der Waals surface area contributed by atoms with E-state index in [0.717, 1.165) is 22.3 Å². The van der Waals surface area contributed by atoms with Crippen LogP contribution >= 0.6 is 0 Å². The van der Waals surface area contributed by atoms with Crippen LogP contribution in [0.3, 0.4) is 0 Å². The first kappa shape index (κ1) is 22.4. The average Bonchev–Trinajstić information content (AvgIpc) is 3.32. The fraction of sp³-hybridized carbons (Fsp3) is 0.231. The lowest BCUT2D eigenvalue weighted by molar-refractivity contribution is 0.0939. The summed E-state index contributed by atoms with van der Waals surface area (Å²) in [4.78, 5) is 26.2. The first-order valence-electron chi connectivity index (χ1n) is 10.6. The van der Waals surface area contributed by atoms with Gasteiger partial charge in [-0.1, -0.05) is 12.1 Å². The van der Waals surface area contributed by atoms with Gasteiger partial charge in [0.25, 0.3) is 5.91 Å². The van der Waals surface area contributed by atoms with E-state index in [4.69, 9.17) is 13.6 Å². The largest absolute Gasteiger partial charge is 0.489 e. The Labute approximate surface area is 191 Å². The third-order valence-corrected chi connectivity index (χ3v) is 5.50. The highest BCUT2D eigenvalue weighted by Gasteiger charge is 2.18. The number of hydrogen-bond donors (Lipinski definition) is 1. The summed E-state index contributed by atoms with van der Waals surface area (Å²) in [5.41, 5.74) is 2.46. The van der Waals surface area contributed by atoms with Gasteiger partial charge in [-0.3, -0.25) is 9.69 Å². The highest BCUT2D eigenvalue weighted by atomic mass is 16.5. The van der Waals surface area contributed by atoms with Crippen LogP contribution in [0.2, 0.25) is 0 Å². The SMILES string of the molecule is Cc1cc(=O)oc2cc(OCc3ccc(C(=O)NC[C@H](c4ccco4)N(C)C)cc3)ccc12. The lowest BCUT2D eigenvalue weighted by Crippen LogP contribution is -2.34. The van der Waals surface area contributed by atoms with Crippen LogP contribution in [0.1, 0.15) is 33.3 Å². The Morgan fingerprint density at radius 1 is 1.09 bits per heavy atom. The number of nitrogens with zero attached hydrogens (tertiary/aromatic N) is 1. The third kappa shape index (κ3) is 5.32. The van der Waals surface area contributed by atoms with E-state index in [1.165, 1.54) is 6.07 Å². The molecule has 0 spiro atoms. The normalized spacial score (nSPS) is 12.1. The number of aryl methyl sites for hydroxylation is 1. The molecule has 2 heterocycles. The fourth-order valence-corrected chi connectivity index (χ4v) is 3.62. The number of likely N-dealkylation sites (N-methyl/N-ethyl adjacent to an activating group) is 1. The molecule has 0 saturated carbocycles. The molecular weight excluding hydrogens is 420 g/mol. The fourth-order valence-electron chi connectivity index (χ4n) is 3.62. The molecule has 0 radical (unpaired) electrons. The maximum absolute atomic E-state index is 12.6. The first-order valence-corrected chi connectivity index (χ1v) is 10.6. The summed E-state index contributed by atoms with van der Waals surface area (Å²) in [6.45, 7) is 2.63. The Kier molecular flexibility index (Phi) is 6.60. The molecule has 0 bridgehead atoms. The van der Waals surface area contributed by atoms with Crippen molar-refractivity contribution < 1.29 is 18.4 Å². The summed E-state index contributed by atoms with van der Waals surface area (Å²) in [5.74, 6) is 1.25. The number of amides is 1. The standard InChI is InChI=1S/C26H26N2O5/c1-17-13-25(29)33-24-14-20(10-11-21(17)24)32-16-18-6-8-19(9-7-18)26(30)27-15-22(28(2)3)23-5-4-12-31-23/h4-14,22H,15-16H2,1-3H3,(H,27,30)/t22-/m1/s1. The minimum Gasteiger partial charge on any atom is -0.489 e. The lowest BCUT2D eigenvalue weighted by atomic mass is 10.1. The van der Waals surface area contributed by atoms with Gasteiger partial charge in [0, 0.05) is 29.6 Å². The van der Waals surface area contributed by atoms with E-state index < -0.39 is 0 Å². The molecule has 0 aliphatic heterocycles. The van der Waals surface area contributed by atoms with E-state index in [1.54, 1.807) is 24.5 Å². The van der Waals surface area contributed by atoms with Crippen LogP contribution in [0.15, 0.2) is 80.6 Å². The van der Waals surface area contributed by atoms with E-state index in [9.17, 15) is 9.59 Å². The lowest BCUT2D eigenvalue weighted by Gasteiger charge is -2.22. The summed E-state index contributed by atoms with van der Waals surface area (Å²) < 4.78 is 16.6. The zero-order chi connectivity index (χ0) is 23.4. The van der Waals surface area contributed by atoms with Gasteiger partial charge in [-0.05, 0) is 68.5 Å². The number of carbonyl (C=O) groups is 1. The second-order valence-electron chi connectivity index (χ2n) is 8.10. The third-order valence-electron chi connectivity index (χ3n) is 5.50. The number of benzene rings is 2. The Balaban J connectivity index is 1.35. The van der Waals surface area contributed by atoms with Gasteiger partial charge in [0.1, 0.15) is 23.7 Å². The quantitative estimate of drug-likeness (QED) is 0.406. The second-order valence-corrected chi connectivity index (χ2v) is 8.10. The number of hydrogen-bond acceptors (Lipinski definition) is 6. The van der Waals surface area contributed by atoms with Gasteiger partial charge >= 0.3 is 5.63 Å². The molecule has 33 heavy (non-hydrogen) atoms. The molecule has 1 N–H and O–H groups in total. The molecule has 2 aromatic heterocycles. The van der Waals surface area contributed by atoms with Crippen LogP contribution in [-0.4, -0.2) is 31.4 Å². The highest BCUT2D eigenvalue weighted by molar-refractivity contribution is 5.94.